The first-order valence-corrected chi connectivity index (χ1v) is 5.22. The highest BCUT2D eigenvalue weighted by molar-refractivity contribution is 5.92. The summed E-state index contributed by atoms with van der Waals surface area (Å²) < 4.78 is 12.7. The van der Waals surface area contributed by atoms with Crippen LogP contribution in [0.3, 0.4) is 0 Å². The molecule has 0 radical (unpaired) electrons. The normalized spacial score (nSPS) is 12.2. The molecule has 0 aliphatic rings. The number of rotatable bonds is 5. The fraction of sp³-hybridized carbons (Fsp3) is 0.455. The van der Waals surface area contributed by atoms with Gasteiger partial charge in [0.2, 0.25) is 5.95 Å². The number of pyridine rings is 1. The third-order valence-electron chi connectivity index (χ3n) is 2.18. The fourth-order valence-corrected chi connectivity index (χ4v) is 1.18. The molecule has 88 valence electrons. The largest absolute Gasteiger partial charge is 0.393 e. The molecule has 1 atom stereocenters. The average Bonchev–Trinajstić information content (AvgIpc) is 2.28. The Hall–Kier alpha value is -1.49. The topological polar surface area (TPSA) is 62.2 Å². The first-order valence-electron chi connectivity index (χ1n) is 5.22. The van der Waals surface area contributed by atoms with Crippen molar-refractivity contribution in [2.24, 2.45) is 0 Å². The van der Waals surface area contributed by atoms with Crippen molar-refractivity contribution in [1.29, 1.82) is 0 Å². The zero-order valence-corrected chi connectivity index (χ0v) is 9.11. The van der Waals surface area contributed by atoms with E-state index in [2.05, 4.69) is 10.3 Å². The summed E-state index contributed by atoms with van der Waals surface area (Å²) in [6, 6.07) is 4.05. The minimum atomic E-state index is -0.679. The molecule has 0 aliphatic heterocycles. The molecule has 0 saturated heterocycles. The van der Waals surface area contributed by atoms with Gasteiger partial charge in [0.15, 0.2) is 0 Å². The summed E-state index contributed by atoms with van der Waals surface area (Å²) in [7, 11) is 0. The van der Waals surface area contributed by atoms with Gasteiger partial charge in [-0.15, -0.1) is 0 Å². The SMILES string of the molecule is CCC(O)CCNC(=O)c1cccc(F)n1. The molecule has 5 heteroatoms. The summed E-state index contributed by atoms with van der Waals surface area (Å²) in [5, 5.41) is 11.8. The fourth-order valence-electron chi connectivity index (χ4n) is 1.18. The van der Waals surface area contributed by atoms with Crippen LogP contribution in [0.1, 0.15) is 30.3 Å². The Morgan fingerprint density at radius 2 is 2.38 bits per heavy atom. The second-order valence-electron chi connectivity index (χ2n) is 3.45. The number of nitrogens with one attached hydrogen (secondary N) is 1. The summed E-state index contributed by atoms with van der Waals surface area (Å²) in [6.07, 6.45) is 0.715. The lowest BCUT2D eigenvalue weighted by Gasteiger charge is -2.08. The van der Waals surface area contributed by atoms with E-state index in [0.717, 1.165) is 0 Å². The van der Waals surface area contributed by atoms with Gasteiger partial charge in [-0.1, -0.05) is 13.0 Å². The lowest BCUT2D eigenvalue weighted by Crippen LogP contribution is -2.27. The van der Waals surface area contributed by atoms with Crippen molar-refractivity contribution in [2.45, 2.75) is 25.9 Å². The number of aliphatic hydroxyl groups is 1. The molecule has 0 bridgehead atoms. The lowest BCUT2D eigenvalue weighted by molar-refractivity contribution is 0.0936. The van der Waals surface area contributed by atoms with Gasteiger partial charge in [-0.2, -0.15) is 4.39 Å². The predicted molar refractivity (Wildman–Crippen MR) is 57.4 cm³/mol. The minimum Gasteiger partial charge on any atom is -0.393 e. The maximum absolute atomic E-state index is 12.7. The number of hydrogen-bond acceptors (Lipinski definition) is 3. The van der Waals surface area contributed by atoms with Gasteiger partial charge in [0.25, 0.3) is 5.91 Å². The van der Waals surface area contributed by atoms with Crippen molar-refractivity contribution in [1.82, 2.24) is 10.3 Å². The van der Waals surface area contributed by atoms with Crippen LogP contribution in [-0.4, -0.2) is 28.6 Å². The number of halogens is 1. The van der Waals surface area contributed by atoms with Crippen LogP contribution in [0.2, 0.25) is 0 Å². The van der Waals surface area contributed by atoms with Crippen LogP contribution in [0.15, 0.2) is 18.2 Å². The number of carbonyl (C=O) groups excluding carboxylic acids is 1. The van der Waals surface area contributed by atoms with E-state index in [-0.39, 0.29) is 5.69 Å². The minimum absolute atomic E-state index is 0.0472. The number of aromatic nitrogens is 1. The van der Waals surface area contributed by atoms with Gasteiger partial charge in [-0.05, 0) is 25.0 Å². The summed E-state index contributed by atoms with van der Waals surface area (Å²) >= 11 is 0. The van der Waals surface area contributed by atoms with Crippen molar-refractivity contribution in [3.05, 3.63) is 29.8 Å². The second-order valence-corrected chi connectivity index (χ2v) is 3.45. The number of aliphatic hydroxyl groups excluding tert-OH is 1. The van der Waals surface area contributed by atoms with Crippen molar-refractivity contribution < 1.29 is 14.3 Å². The summed E-state index contributed by atoms with van der Waals surface area (Å²) in [5.74, 6) is -1.11. The molecule has 2 N–H and O–H groups in total. The van der Waals surface area contributed by atoms with Gasteiger partial charge in [0.1, 0.15) is 5.69 Å². The molecule has 4 nitrogen and oxygen atoms in total. The van der Waals surface area contributed by atoms with Crippen LogP contribution in [0.5, 0.6) is 0 Å². The maximum Gasteiger partial charge on any atom is 0.269 e. The Kier molecular flexibility index (Phi) is 4.85. The van der Waals surface area contributed by atoms with Gasteiger partial charge in [-0.25, -0.2) is 4.98 Å². The Balaban J connectivity index is 2.41. The number of carbonyl (C=O) groups is 1. The third kappa shape index (κ3) is 3.94. The van der Waals surface area contributed by atoms with Crippen molar-refractivity contribution in [3.8, 4) is 0 Å². The van der Waals surface area contributed by atoms with Crippen LogP contribution >= 0.6 is 0 Å². The first kappa shape index (κ1) is 12.6. The van der Waals surface area contributed by atoms with Crippen LogP contribution in [-0.2, 0) is 0 Å². The molecular formula is C11H15FN2O2. The molecule has 1 aromatic rings. The molecule has 0 spiro atoms. The van der Waals surface area contributed by atoms with Gasteiger partial charge in [0, 0.05) is 6.54 Å². The molecule has 1 amide bonds. The average molecular weight is 226 g/mol. The number of hydrogen-bond donors (Lipinski definition) is 2. The Bertz CT molecular complexity index is 358. The standard InChI is InChI=1S/C11H15FN2O2/c1-2-8(15)6-7-13-11(16)9-4-3-5-10(12)14-9/h3-5,8,15H,2,6-7H2,1H3,(H,13,16). The molecule has 0 aliphatic carbocycles. The molecule has 0 aromatic carbocycles. The molecular weight excluding hydrogens is 211 g/mol. The van der Waals surface area contributed by atoms with E-state index in [9.17, 15) is 14.3 Å². The summed E-state index contributed by atoms with van der Waals surface area (Å²) in [4.78, 5) is 14.9. The van der Waals surface area contributed by atoms with Gasteiger partial charge < -0.3 is 10.4 Å². The molecule has 1 heterocycles. The van der Waals surface area contributed by atoms with Gasteiger partial charge in [-0.3, -0.25) is 4.79 Å². The Morgan fingerprint density at radius 3 is 3.00 bits per heavy atom. The zero-order chi connectivity index (χ0) is 12.0. The highest BCUT2D eigenvalue weighted by Crippen LogP contribution is 1.99. The zero-order valence-electron chi connectivity index (χ0n) is 9.11. The Labute approximate surface area is 93.5 Å². The highest BCUT2D eigenvalue weighted by Gasteiger charge is 2.08. The molecule has 1 rings (SSSR count). The van der Waals surface area contributed by atoms with Crippen LogP contribution in [0.4, 0.5) is 4.39 Å². The highest BCUT2D eigenvalue weighted by atomic mass is 19.1. The maximum atomic E-state index is 12.7. The van der Waals surface area contributed by atoms with Crippen LogP contribution < -0.4 is 5.32 Å². The molecule has 0 saturated carbocycles. The van der Waals surface area contributed by atoms with Gasteiger partial charge >= 0.3 is 0 Å². The van der Waals surface area contributed by atoms with E-state index in [1.165, 1.54) is 18.2 Å². The van der Waals surface area contributed by atoms with Crippen LogP contribution in [0, 0.1) is 5.95 Å². The van der Waals surface area contributed by atoms with Crippen molar-refractivity contribution in [2.75, 3.05) is 6.54 Å². The second kappa shape index (κ2) is 6.17. The Morgan fingerprint density at radius 1 is 1.62 bits per heavy atom. The molecule has 0 fully saturated rings. The number of nitrogens with zero attached hydrogens (tertiary/aromatic N) is 1. The third-order valence-corrected chi connectivity index (χ3v) is 2.18. The molecule has 1 aromatic heterocycles. The predicted octanol–water partition coefficient (Wildman–Crippen LogP) is 1.11. The van der Waals surface area contributed by atoms with Gasteiger partial charge in [0.05, 0.1) is 6.10 Å². The monoisotopic (exact) mass is 226 g/mol. The molecule has 16 heavy (non-hydrogen) atoms. The van der Waals surface area contributed by atoms with E-state index in [4.69, 9.17) is 0 Å². The van der Waals surface area contributed by atoms with E-state index in [1.54, 1.807) is 0 Å². The smallest absolute Gasteiger partial charge is 0.269 e. The quantitative estimate of drug-likeness (QED) is 0.739. The van der Waals surface area contributed by atoms with E-state index >= 15 is 0 Å². The number of amides is 1. The van der Waals surface area contributed by atoms with E-state index in [1.807, 2.05) is 6.92 Å². The lowest BCUT2D eigenvalue weighted by atomic mass is 10.2. The van der Waals surface area contributed by atoms with E-state index < -0.39 is 18.0 Å². The van der Waals surface area contributed by atoms with Crippen molar-refractivity contribution >= 4 is 5.91 Å². The first-order chi connectivity index (χ1) is 7.63. The summed E-state index contributed by atoms with van der Waals surface area (Å²) in [5.41, 5.74) is 0.0472. The molecule has 1 unspecified atom stereocenters. The van der Waals surface area contributed by atoms with Crippen LogP contribution in [0.25, 0.3) is 0 Å². The van der Waals surface area contributed by atoms with Crippen molar-refractivity contribution in [3.63, 3.8) is 0 Å². The van der Waals surface area contributed by atoms with E-state index in [0.29, 0.717) is 19.4 Å². The summed E-state index contributed by atoms with van der Waals surface area (Å²) in [6.45, 7) is 2.21.